The summed E-state index contributed by atoms with van der Waals surface area (Å²) in [6, 6.07) is 14.2. The lowest BCUT2D eigenvalue weighted by Gasteiger charge is -2.20. The van der Waals surface area contributed by atoms with E-state index >= 15 is 0 Å². The van der Waals surface area contributed by atoms with Crippen molar-refractivity contribution in [1.82, 2.24) is 9.69 Å². The zero-order chi connectivity index (χ0) is 22.2. The number of nitrogens with zero attached hydrogens (tertiary/aromatic N) is 1. The molecule has 1 aromatic heterocycles. The van der Waals surface area contributed by atoms with E-state index < -0.39 is 6.04 Å². The van der Waals surface area contributed by atoms with Gasteiger partial charge in [0.05, 0.1) is 25.5 Å². The highest BCUT2D eigenvalue weighted by molar-refractivity contribution is 7.04. The van der Waals surface area contributed by atoms with E-state index in [2.05, 4.69) is 15.0 Å². The molecule has 0 amide bonds. The summed E-state index contributed by atoms with van der Waals surface area (Å²) in [5.74, 6) is 1.07. The number of anilines is 1. The van der Waals surface area contributed by atoms with Crippen LogP contribution in [0.25, 0.3) is 5.57 Å². The quantitative estimate of drug-likeness (QED) is 0.322. The van der Waals surface area contributed by atoms with Gasteiger partial charge in [0.15, 0.2) is 5.78 Å². The number of ketones is 1. The molecule has 160 valence electrons. The number of carbonyl (C=O) groups excluding carboxylic acids is 1. The van der Waals surface area contributed by atoms with E-state index in [1.165, 1.54) is 17.7 Å². The minimum Gasteiger partial charge on any atom is -0.497 e. The van der Waals surface area contributed by atoms with Gasteiger partial charge in [-0.05, 0) is 17.1 Å². The van der Waals surface area contributed by atoms with Crippen molar-refractivity contribution in [3.63, 3.8) is 0 Å². The Morgan fingerprint density at radius 3 is 2.39 bits per heavy atom. The fraction of sp³-hybridized carbons (Fsp3) is 0.174. The fourth-order valence-corrected chi connectivity index (χ4v) is 3.81. The van der Waals surface area contributed by atoms with Crippen molar-refractivity contribution < 1.29 is 14.3 Å². The number of rotatable bonds is 10. The van der Waals surface area contributed by atoms with Crippen molar-refractivity contribution in [2.75, 3.05) is 26.6 Å². The third kappa shape index (κ3) is 5.10. The number of Topliss-reactive ketones (excluding diaryl/α,β-unsaturated/α-hetero) is 1. The van der Waals surface area contributed by atoms with Gasteiger partial charge in [-0.25, -0.2) is 0 Å². The first-order valence-electron chi connectivity index (χ1n) is 9.52. The highest BCUT2D eigenvalue weighted by Crippen LogP contribution is 2.31. The zero-order valence-corrected chi connectivity index (χ0v) is 18.3. The molecule has 0 spiro atoms. The Morgan fingerprint density at radius 2 is 1.81 bits per heavy atom. The van der Waals surface area contributed by atoms with Crippen molar-refractivity contribution in [2.45, 2.75) is 6.04 Å². The highest BCUT2D eigenvalue weighted by atomic mass is 32.1. The van der Waals surface area contributed by atoms with Crippen LogP contribution in [-0.2, 0) is 0 Å². The number of allylic oxidation sites excluding steroid dienone is 1. The Kier molecular flexibility index (Phi) is 7.40. The third-order valence-corrected chi connectivity index (χ3v) is 5.25. The van der Waals surface area contributed by atoms with Crippen LogP contribution >= 0.6 is 11.5 Å². The molecule has 0 fully saturated rings. The van der Waals surface area contributed by atoms with Crippen molar-refractivity contribution in [1.29, 1.82) is 5.41 Å². The van der Waals surface area contributed by atoms with Gasteiger partial charge in [-0.1, -0.05) is 30.3 Å². The van der Waals surface area contributed by atoms with Gasteiger partial charge >= 0.3 is 0 Å². The topological polar surface area (TPSA) is 96.3 Å². The van der Waals surface area contributed by atoms with E-state index in [9.17, 15) is 4.79 Å². The van der Waals surface area contributed by atoms with Crippen LogP contribution in [0.3, 0.4) is 0 Å². The van der Waals surface area contributed by atoms with Crippen LogP contribution in [0.1, 0.15) is 27.7 Å². The monoisotopic (exact) mass is 436 g/mol. The SMILES string of the molecule is CN/C=C(\C=N)c1nscc1C(=O)C(Nc1cc(OC)cc(OC)c1)c1ccccc1. The van der Waals surface area contributed by atoms with Gasteiger partial charge in [-0.3, -0.25) is 4.79 Å². The maximum Gasteiger partial charge on any atom is 0.192 e. The van der Waals surface area contributed by atoms with E-state index in [4.69, 9.17) is 14.9 Å². The molecule has 3 N–H and O–H groups in total. The second-order valence-corrected chi connectivity index (χ2v) is 7.19. The minimum absolute atomic E-state index is 0.152. The van der Waals surface area contributed by atoms with Crippen LogP contribution in [0.15, 0.2) is 60.1 Å². The van der Waals surface area contributed by atoms with Crippen LogP contribution in [0.2, 0.25) is 0 Å². The zero-order valence-electron chi connectivity index (χ0n) is 17.5. The predicted molar refractivity (Wildman–Crippen MR) is 125 cm³/mol. The number of hydrogen-bond donors (Lipinski definition) is 3. The number of carbonyl (C=O) groups is 1. The molecule has 3 rings (SSSR count). The average Bonchev–Trinajstić information content (AvgIpc) is 3.30. The molecule has 0 bridgehead atoms. The second kappa shape index (κ2) is 10.4. The summed E-state index contributed by atoms with van der Waals surface area (Å²) in [6.45, 7) is 0. The highest BCUT2D eigenvalue weighted by Gasteiger charge is 2.27. The summed E-state index contributed by atoms with van der Waals surface area (Å²) < 4.78 is 15.1. The molecular weight excluding hydrogens is 412 g/mol. The summed E-state index contributed by atoms with van der Waals surface area (Å²) in [5, 5.41) is 15.6. The lowest BCUT2D eigenvalue weighted by atomic mass is 9.96. The summed E-state index contributed by atoms with van der Waals surface area (Å²) >= 11 is 1.18. The molecule has 1 heterocycles. The molecule has 31 heavy (non-hydrogen) atoms. The van der Waals surface area contributed by atoms with Crippen LogP contribution in [-0.4, -0.2) is 37.6 Å². The van der Waals surface area contributed by atoms with Crippen LogP contribution in [0, 0.1) is 5.41 Å². The Labute approximate surface area is 185 Å². The maximum absolute atomic E-state index is 13.7. The smallest absolute Gasteiger partial charge is 0.192 e. The number of methoxy groups -OCH3 is 2. The standard InChI is InChI=1S/C23H24N4O3S/c1-25-13-16(12-24)21-20(14-31-27-21)23(28)22(15-7-5-4-6-8-15)26-17-9-18(29-2)11-19(10-17)30-3/h4-14,22,24-26H,1-3H3/b16-13+,24-12?. The number of nitrogens with one attached hydrogen (secondary N) is 3. The lowest BCUT2D eigenvalue weighted by Crippen LogP contribution is -2.22. The average molecular weight is 437 g/mol. The van der Waals surface area contributed by atoms with Crippen molar-refractivity contribution in [3.8, 4) is 11.5 Å². The van der Waals surface area contributed by atoms with Crippen molar-refractivity contribution in [2.24, 2.45) is 0 Å². The largest absolute Gasteiger partial charge is 0.497 e. The molecule has 8 heteroatoms. The van der Waals surface area contributed by atoms with Gasteiger partial charge in [0.1, 0.15) is 17.5 Å². The van der Waals surface area contributed by atoms with Gasteiger partial charge in [0.25, 0.3) is 0 Å². The first-order valence-corrected chi connectivity index (χ1v) is 10.4. The molecule has 3 aromatic rings. The first-order chi connectivity index (χ1) is 15.1. The van der Waals surface area contributed by atoms with Crippen molar-refractivity contribution >= 4 is 34.8 Å². The molecular formula is C23H24N4O3S. The molecule has 1 atom stereocenters. The third-order valence-electron chi connectivity index (χ3n) is 4.62. The molecule has 0 aliphatic rings. The number of hydrogen-bond acceptors (Lipinski definition) is 8. The fourth-order valence-electron chi connectivity index (χ4n) is 3.11. The van der Waals surface area contributed by atoms with Crippen LogP contribution in [0.5, 0.6) is 11.5 Å². The van der Waals surface area contributed by atoms with E-state index in [-0.39, 0.29) is 5.78 Å². The number of benzene rings is 2. The minimum atomic E-state index is -0.672. The first kappa shape index (κ1) is 22.0. The molecule has 2 aromatic carbocycles. The van der Waals surface area contributed by atoms with Crippen LogP contribution in [0.4, 0.5) is 5.69 Å². The normalized spacial score (nSPS) is 12.0. The lowest BCUT2D eigenvalue weighted by molar-refractivity contribution is 0.0969. The van der Waals surface area contributed by atoms with E-state index in [1.807, 2.05) is 42.5 Å². The Bertz CT molecular complexity index is 1060. The Hall–Kier alpha value is -3.65. The molecule has 0 saturated heterocycles. The number of ether oxygens (including phenoxy) is 2. The van der Waals surface area contributed by atoms with Gasteiger partial charge in [0.2, 0.25) is 0 Å². The predicted octanol–water partition coefficient (Wildman–Crippen LogP) is 4.41. The molecule has 7 nitrogen and oxygen atoms in total. The summed E-state index contributed by atoms with van der Waals surface area (Å²) in [4.78, 5) is 13.7. The summed E-state index contributed by atoms with van der Waals surface area (Å²) in [6.07, 6.45) is 2.83. The Balaban J connectivity index is 2.04. The molecule has 0 radical (unpaired) electrons. The Morgan fingerprint density at radius 1 is 1.13 bits per heavy atom. The molecule has 1 unspecified atom stereocenters. The van der Waals surface area contributed by atoms with Gasteiger partial charge in [0, 0.05) is 54.3 Å². The van der Waals surface area contributed by atoms with E-state index in [1.54, 1.807) is 38.9 Å². The second-order valence-electron chi connectivity index (χ2n) is 6.56. The van der Waals surface area contributed by atoms with E-state index in [0.717, 1.165) is 5.56 Å². The molecule has 0 aliphatic heterocycles. The maximum atomic E-state index is 13.7. The summed E-state index contributed by atoms with van der Waals surface area (Å²) in [7, 11) is 4.89. The number of aromatic nitrogens is 1. The van der Waals surface area contributed by atoms with Crippen molar-refractivity contribution in [3.05, 3.63) is 76.9 Å². The summed E-state index contributed by atoms with van der Waals surface area (Å²) in [5.41, 5.74) is 2.94. The van der Waals surface area contributed by atoms with Gasteiger partial charge < -0.3 is 25.5 Å². The molecule has 0 saturated carbocycles. The molecule has 0 aliphatic carbocycles. The van der Waals surface area contributed by atoms with Crippen LogP contribution < -0.4 is 20.1 Å². The van der Waals surface area contributed by atoms with Gasteiger partial charge in [-0.15, -0.1) is 0 Å². The van der Waals surface area contributed by atoms with E-state index in [0.29, 0.717) is 34.0 Å². The van der Waals surface area contributed by atoms with Gasteiger partial charge in [-0.2, -0.15) is 4.37 Å².